The van der Waals surface area contributed by atoms with Crippen LogP contribution >= 0.6 is 11.6 Å². The first-order valence-corrected chi connectivity index (χ1v) is 10.9. The molecule has 0 aliphatic carbocycles. The Labute approximate surface area is 198 Å². The quantitative estimate of drug-likeness (QED) is 0.492. The Morgan fingerprint density at radius 3 is 2.73 bits per heavy atom. The van der Waals surface area contributed by atoms with Crippen LogP contribution in [0.1, 0.15) is 50.6 Å². The van der Waals surface area contributed by atoms with Crippen molar-refractivity contribution in [3.8, 4) is 6.07 Å². The smallest absolute Gasteiger partial charge is 0.410 e. The van der Waals surface area contributed by atoms with Gasteiger partial charge < -0.3 is 15.0 Å². The Morgan fingerprint density at radius 1 is 1.27 bits per heavy atom. The van der Waals surface area contributed by atoms with E-state index in [4.69, 9.17) is 21.6 Å². The second-order valence-electron chi connectivity index (χ2n) is 8.83. The Morgan fingerprint density at radius 2 is 2.03 bits per heavy atom. The normalized spacial score (nSPS) is 12.2. The third kappa shape index (κ3) is 6.30. The topological polar surface area (TPSA) is 104 Å². The van der Waals surface area contributed by atoms with Gasteiger partial charge in [0.05, 0.1) is 30.8 Å². The van der Waals surface area contributed by atoms with Gasteiger partial charge in [-0.3, -0.25) is 0 Å². The first-order chi connectivity index (χ1) is 15.6. The van der Waals surface area contributed by atoms with Crippen molar-refractivity contribution in [2.24, 2.45) is 0 Å². The average Bonchev–Trinajstić information content (AvgIpc) is 2.74. The molecule has 1 atom stereocenters. The monoisotopic (exact) mass is 466 g/mol. The summed E-state index contributed by atoms with van der Waals surface area (Å²) in [6.07, 6.45) is 1.53. The van der Waals surface area contributed by atoms with Gasteiger partial charge in [0, 0.05) is 24.0 Å². The number of nitrogens with one attached hydrogen (secondary N) is 1. The Hall–Kier alpha value is -3.44. The highest BCUT2D eigenvalue weighted by Crippen LogP contribution is 2.28. The van der Waals surface area contributed by atoms with Crippen LogP contribution in [0.25, 0.3) is 10.8 Å². The number of anilines is 1. The lowest BCUT2D eigenvalue weighted by molar-refractivity contribution is 0.0283. The zero-order valence-corrected chi connectivity index (χ0v) is 20.1. The molecule has 9 heteroatoms. The molecule has 172 valence electrons. The molecule has 33 heavy (non-hydrogen) atoms. The largest absolute Gasteiger partial charge is 0.444 e. The maximum atomic E-state index is 12.4. The number of nitrogens with zero attached hydrogens (tertiary/aromatic N) is 5. The second kappa shape index (κ2) is 10.0. The lowest BCUT2D eigenvalue weighted by Crippen LogP contribution is -2.34. The van der Waals surface area contributed by atoms with Crippen LogP contribution in [0.3, 0.4) is 0 Å². The van der Waals surface area contributed by atoms with E-state index in [0.717, 1.165) is 21.9 Å². The van der Waals surface area contributed by atoms with Crippen LogP contribution < -0.4 is 5.32 Å². The number of nitriles is 1. The van der Waals surface area contributed by atoms with Crippen molar-refractivity contribution in [1.29, 1.82) is 5.26 Å². The van der Waals surface area contributed by atoms with Gasteiger partial charge >= 0.3 is 6.09 Å². The summed E-state index contributed by atoms with van der Waals surface area (Å²) >= 11 is 6.18. The number of carbonyl (C=O) groups is 1. The van der Waals surface area contributed by atoms with Gasteiger partial charge in [0.2, 0.25) is 0 Å². The molecule has 0 fully saturated rings. The number of hydrogen-bond acceptors (Lipinski definition) is 7. The molecule has 0 spiro atoms. The van der Waals surface area contributed by atoms with Crippen LogP contribution in [0, 0.1) is 11.3 Å². The van der Waals surface area contributed by atoms with E-state index >= 15 is 0 Å². The summed E-state index contributed by atoms with van der Waals surface area (Å²) < 4.78 is 5.42. The Balaban J connectivity index is 1.89. The highest BCUT2D eigenvalue weighted by molar-refractivity contribution is 6.30. The van der Waals surface area contributed by atoms with E-state index in [1.807, 2.05) is 52.0 Å². The molecule has 2 aromatic heterocycles. The lowest BCUT2D eigenvalue weighted by Gasteiger charge is -2.24. The second-order valence-corrected chi connectivity index (χ2v) is 9.22. The van der Waals surface area contributed by atoms with E-state index in [2.05, 4.69) is 26.6 Å². The minimum absolute atomic E-state index is 0.0941. The molecule has 2 heterocycles. The summed E-state index contributed by atoms with van der Waals surface area (Å²) in [5.74, 6) is 0.552. The zero-order valence-electron chi connectivity index (χ0n) is 19.4. The predicted octanol–water partition coefficient (Wildman–Crippen LogP) is 5.28. The molecule has 0 saturated carbocycles. The van der Waals surface area contributed by atoms with Crippen LogP contribution in [0.15, 0.2) is 36.5 Å². The van der Waals surface area contributed by atoms with E-state index in [0.29, 0.717) is 23.1 Å². The van der Waals surface area contributed by atoms with Crippen LogP contribution in [0.5, 0.6) is 0 Å². The molecule has 1 aromatic carbocycles. The zero-order chi connectivity index (χ0) is 24.2. The molecule has 0 unspecified atom stereocenters. The number of fused-ring (bicyclic) bond motifs is 1. The standard InChI is InChI=1S/C24H27ClN6O2/c1-15(17-8-6-7-16(11-17)9-10-26)28-22-18-12-21(25)27-13-19(18)20(29-30-22)14-31(5)23(32)33-24(2,3)4/h6-8,11-13,15H,9,14H2,1-5H3,(H,28,30)/t15-/m1/s1. The molecule has 0 saturated heterocycles. The van der Waals surface area contributed by atoms with Crippen molar-refractivity contribution in [2.75, 3.05) is 12.4 Å². The summed E-state index contributed by atoms with van der Waals surface area (Å²) in [6.45, 7) is 7.66. The van der Waals surface area contributed by atoms with Crippen molar-refractivity contribution < 1.29 is 9.53 Å². The maximum absolute atomic E-state index is 12.4. The summed E-state index contributed by atoms with van der Waals surface area (Å²) in [5.41, 5.74) is 1.96. The molecule has 3 rings (SSSR count). The molecule has 3 aromatic rings. The van der Waals surface area contributed by atoms with Gasteiger partial charge in [-0.2, -0.15) is 10.4 Å². The number of rotatable bonds is 6. The van der Waals surface area contributed by atoms with Crippen molar-refractivity contribution in [2.45, 2.75) is 52.3 Å². The highest BCUT2D eigenvalue weighted by atomic mass is 35.5. The fourth-order valence-corrected chi connectivity index (χ4v) is 3.44. The minimum Gasteiger partial charge on any atom is -0.444 e. The van der Waals surface area contributed by atoms with Crippen molar-refractivity contribution in [3.05, 3.63) is 58.5 Å². The van der Waals surface area contributed by atoms with Gasteiger partial charge in [-0.25, -0.2) is 9.78 Å². The SMILES string of the molecule is C[C@@H](Nc1nnc(CN(C)C(=O)OC(C)(C)C)c2cnc(Cl)cc12)c1cccc(CC#N)c1. The summed E-state index contributed by atoms with van der Waals surface area (Å²) in [5, 5.41) is 22.9. The fourth-order valence-electron chi connectivity index (χ4n) is 3.28. The van der Waals surface area contributed by atoms with Gasteiger partial charge in [-0.05, 0) is 44.9 Å². The number of ether oxygens (including phenoxy) is 1. The third-order valence-corrected chi connectivity index (χ3v) is 5.09. The van der Waals surface area contributed by atoms with Gasteiger partial charge in [0.15, 0.2) is 5.82 Å². The van der Waals surface area contributed by atoms with Gasteiger partial charge in [0.25, 0.3) is 0 Å². The van der Waals surface area contributed by atoms with Gasteiger partial charge in [0.1, 0.15) is 10.8 Å². The van der Waals surface area contributed by atoms with E-state index in [9.17, 15) is 4.79 Å². The molecule has 1 amide bonds. The number of benzene rings is 1. The molecule has 0 aliphatic rings. The van der Waals surface area contributed by atoms with E-state index in [-0.39, 0.29) is 12.6 Å². The van der Waals surface area contributed by atoms with Crippen LogP contribution in [-0.4, -0.2) is 38.8 Å². The molecular weight excluding hydrogens is 440 g/mol. The van der Waals surface area contributed by atoms with Crippen molar-refractivity contribution >= 4 is 34.3 Å². The third-order valence-electron chi connectivity index (χ3n) is 4.89. The molecule has 0 aliphatic heterocycles. The molecular formula is C24H27ClN6O2. The van der Waals surface area contributed by atoms with E-state index in [1.54, 1.807) is 19.3 Å². The summed E-state index contributed by atoms with van der Waals surface area (Å²) in [6, 6.07) is 11.6. The first-order valence-electron chi connectivity index (χ1n) is 10.5. The first kappa shape index (κ1) is 24.2. The fraction of sp³-hybridized carbons (Fsp3) is 0.375. The van der Waals surface area contributed by atoms with E-state index in [1.165, 1.54) is 4.90 Å². The maximum Gasteiger partial charge on any atom is 0.410 e. The van der Waals surface area contributed by atoms with E-state index < -0.39 is 11.7 Å². The van der Waals surface area contributed by atoms with Gasteiger partial charge in [-0.15, -0.1) is 5.10 Å². The van der Waals surface area contributed by atoms with Crippen LogP contribution in [0.2, 0.25) is 5.15 Å². The van der Waals surface area contributed by atoms with Crippen LogP contribution in [0.4, 0.5) is 10.6 Å². The minimum atomic E-state index is -0.595. The Bertz CT molecular complexity index is 1200. The molecule has 0 radical (unpaired) electrons. The van der Waals surface area contributed by atoms with Crippen molar-refractivity contribution in [3.63, 3.8) is 0 Å². The van der Waals surface area contributed by atoms with Crippen molar-refractivity contribution in [1.82, 2.24) is 20.1 Å². The Kier molecular flexibility index (Phi) is 7.34. The number of carbonyl (C=O) groups excluding carboxylic acids is 1. The summed E-state index contributed by atoms with van der Waals surface area (Å²) in [7, 11) is 1.65. The molecule has 1 N–H and O–H groups in total. The summed E-state index contributed by atoms with van der Waals surface area (Å²) in [4.78, 5) is 18.0. The molecule has 8 nitrogen and oxygen atoms in total. The number of hydrogen-bond donors (Lipinski definition) is 1. The number of pyridine rings is 1. The highest BCUT2D eigenvalue weighted by Gasteiger charge is 2.22. The van der Waals surface area contributed by atoms with Gasteiger partial charge in [-0.1, -0.05) is 35.9 Å². The number of aromatic nitrogens is 3. The number of halogens is 1. The van der Waals surface area contributed by atoms with Crippen LogP contribution in [-0.2, 0) is 17.7 Å². The lowest BCUT2D eigenvalue weighted by atomic mass is 10.0. The number of amides is 1. The average molecular weight is 467 g/mol. The predicted molar refractivity (Wildman–Crippen MR) is 128 cm³/mol. The molecule has 0 bridgehead atoms.